The molecule has 0 aliphatic carbocycles. The van der Waals surface area contributed by atoms with E-state index in [0.717, 1.165) is 17.6 Å². The monoisotopic (exact) mass is 316 g/mol. The first-order valence-electron chi connectivity index (χ1n) is 8.12. The first-order valence-corrected chi connectivity index (χ1v) is 8.12. The summed E-state index contributed by atoms with van der Waals surface area (Å²) in [5.74, 6) is 0.00853. The van der Waals surface area contributed by atoms with Crippen molar-refractivity contribution >= 4 is 17.6 Å². The van der Waals surface area contributed by atoms with Gasteiger partial charge in [-0.3, -0.25) is 4.79 Å². The quantitative estimate of drug-likeness (QED) is 0.803. The van der Waals surface area contributed by atoms with Crippen LogP contribution in [0.3, 0.4) is 0 Å². The van der Waals surface area contributed by atoms with Crippen molar-refractivity contribution in [3.63, 3.8) is 0 Å². The molecular weight excluding hydrogens is 292 g/mol. The van der Waals surface area contributed by atoms with Crippen LogP contribution in [0.15, 0.2) is 36.4 Å². The highest BCUT2D eigenvalue weighted by Crippen LogP contribution is 2.18. The van der Waals surface area contributed by atoms with Gasteiger partial charge in [0.25, 0.3) is 0 Å². The Labute approximate surface area is 137 Å². The molecule has 5 nitrogen and oxygen atoms in total. The van der Waals surface area contributed by atoms with Gasteiger partial charge in [0, 0.05) is 32.3 Å². The van der Waals surface area contributed by atoms with Gasteiger partial charge in [0.1, 0.15) is 0 Å². The molecule has 2 amide bonds. The minimum atomic E-state index is -0.298. The van der Waals surface area contributed by atoms with Gasteiger partial charge in [0.2, 0.25) is 5.91 Å². The predicted molar refractivity (Wildman–Crippen MR) is 89.9 cm³/mol. The topological polar surface area (TPSA) is 49.9 Å². The van der Waals surface area contributed by atoms with Crippen molar-refractivity contribution in [3.8, 4) is 0 Å². The van der Waals surface area contributed by atoms with Crippen LogP contribution < -0.4 is 0 Å². The molecule has 1 aromatic rings. The fourth-order valence-corrected chi connectivity index (χ4v) is 2.61. The molecule has 0 N–H and O–H groups in total. The van der Waals surface area contributed by atoms with E-state index >= 15 is 0 Å². The van der Waals surface area contributed by atoms with E-state index < -0.39 is 0 Å². The van der Waals surface area contributed by atoms with Gasteiger partial charge in [-0.1, -0.05) is 37.3 Å². The fraction of sp³-hybridized carbons (Fsp3) is 0.444. The van der Waals surface area contributed by atoms with Gasteiger partial charge in [-0.2, -0.15) is 0 Å². The molecule has 0 aromatic heterocycles. The third-order valence-electron chi connectivity index (χ3n) is 3.94. The Bertz CT molecular complexity index is 561. The predicted octanol–water partition coefficient (Wildman–Crippen LogP) is 2.78. The standard InChI is InChI=1S/C18H24N2O3/c1-3-15(16-8-6-5-7-9-16)14-17(21)19-10-12-20(13-11-19)18(22)23-4-2/h5-9,14H,3-4,10-13H2,1-2H3/b15-14+. The number of hydrogen-bond acceptors (Lipinski definition) is 3. The molecule has 1 heterocycles. The Balaban J connectivity index is 1.96. The second-order valence-corrected chi connectivity index (χ2v) is 5.40. The number of ether oxygens (including phenoxy) is 1. The number of hydrogen-bond donors (Lipinski definition) is 0. The second-order valence-electron chi connectivity index (χ2n) is 5.40. The Kier molecular flexibility index (Phi) is 6.20. The van der Waals surface area contributed by atoms with Crippen LogP contribution in [0.2, 0.25) is 0 Å². The highest BCUT2D eigenvalue weighted by Gasteiger charge is 2.24. The fourth-order valence-electron chi connectivity index (χ4n) is 2.61. The highest BCUT2D eigenvalue weighted by molar-refractivity contribution is 5.95. The van der Waals surface area contributed by atoms with Crippen molar-refractivity contribution in [1.29, 1.82) is 0 Å². The summed E-state index contributed by atoms with van der Waals surface area (Å²) in [6.07, 6.45) is 2.22. The lowest BCUT2D eigenvalue weighted by molar-refractivity contribution is -0.127. The maximum atomic E-state index is 12.5. The van der Waals surface area contributed by atoms with E-state index in [9.17, 15) is 9.59 Å². The summed E-state index contributed by atoms with van der Waals surface area (Å²) in [6, 6.07) is 9.94. The maximum absolute atomic E-state index is 12.5. The second kappa shape index (κ2) is 8.36. The van der Waals surface area contributed by atoms with E-state index in [-0.39, 0.29) is 12.0 Å². The summed E-state index contributed by atoms with van der Waals surface area (Å²) in [5, 5.41) is 0. The van der Waals surface area contributed by atoms with E-state index in [1.165, 1.54) is 0 Å². The van der Waals surface area contributed by atoms with Crippen LogP contribution in [0.25, 0.3) is 5.57 Å². The lowest BCUT2D eigenvalue weighted by Gasteiger charge is -2.33. The smallest absolute Gasteiger partial charge is 0.409 e. The molecule has 1 aliphatic heterocycles. The van der Waals surface area contributed by atoms with Crippen LogP contribution in [0, 0.1) is 0 Å². The Morgan fingerprint density at radius 3 is 2.22 bits per heavy atom. The van der Waals surface area contributed by atoms with Crippen molar-refractivity contribution in [2.45, 2.75) is 20.3 Å². The average Bonchev–Trinajstić information content (AvgIpc) is 2.60. The lowest BCUT2D eigenvalue weighted by atomic mass is 10.0. The molecule has 124 valence electrons. The van der Waals surface area contributed by atoms with Crippen molar-refractivity contribution < 1.29 is 14.3 Å². The highest BCUT2D eigenvalue weighted by atomic mass is 16.6. The number of nitrogens with zero attached hydrogens (tertiary/aromatic N) is 2. The largest absolute Gasteiger partial charge is 0.450 e. The normalized spacial score (nSPS) is 15.5. The zero-order valence-corrected chi connectivity index (χ0v) is 13.8. The number of allylic oxidation sites excluding steroid dienone is 1. The van der Waals surface area contributed by atoms with Gasteiger partial charge in [-0.15, -0.1) is 0 Å². The Hall–Kier alpha value is -2.30. The first kappa shape index (κ1) is 17.1. The number of piperazine rings is 1. The van der Waals surface area contributed by atoms with Gasteiger partial charge in [0.15, 0.2) is 0 Å². The van der Waals surface area contributed by atoms with Gasteiger partial charge in [-0.05, 0) is 24.5 Å². The van der Waals surface area contributed by atoms with Gasteiger partial charge in [0.05, 0.1) is 6.61 Å². The summed E-state index contributed by atoms with van der Waals surface area (Å²) >= 11 is 0. The number of rotatable bonds is 4. The van der Waals surface area contributed by atoms with Crippen molar-refractivity contribution in [1.82, 2.24) is 9.80 Å². The zero-order chi connectivity index (χ0) is 16.7. The minimum absolute atomic E-state index is 0.00853. The van der Waals surface area contributed by atoms with E-state index in [2.05, 4.69) is 0 Å². The van der Waals surface area contributed by atoms with Crippen molar-refractivity contribution in [2.24, 2.45) is 0 Å². The summed E-state index contributed by atoms with van der Waals surface area (Å²) in [5.41, 5.74) is 2.11. The van der Waals surface area contributed by atoms with Crippen molar-refractivity contribution in [3.05, 3.63) is 42.0 Å². The molecule has 0 saturated carbocycles. The van der Waals surface area contributed by atoms with E-state index in [4.69, 9.17) is 4.74 Å². The van der Waals surface area contributed by atoms with Crippen LogP contribution in [0.4, 0.5) is 4.79 Å². The van der Waals surface area contributed by atoms with Crippen LogP contribution in [0.1, 0.15) is 25.8 Å². The molecule has 0 radical (unpaired) electrons. The number of amides is 2. The van der Waals surface area contributed by atoms with E-state index in [1.807, 2.05) is 37.3 Å². The van der Waals surface area contributed by atoms with Crippen LogP contribution in [-0.4, -0.2) is 54.6 Å². The molecule has 0 unspecified atom stereocenters. The van der Waals surface area contributed by atoms with Gasteiger partial charge < -0.3 is 14.5 Å². The van der Waals surface area contributed by atoms with Crippen LogP contribution in [-0.2, 0) is 9.53 Å². The SMILES string of the molecule is CCOC(=O)N1CCN(C(=O)/C=C(\CC)c2ccccc2)CC1. The molecule has 1 saturated heterocycles. The van der Waals surface area contributed by atoms with Crippen LogP contribution >= 0.6 is 0 Å². The molecule has 1 fully saturated rings. The number of benzene rings is 1. The average molecular weight is 316 g/mol. The summed E-state index contributed by atoms with van der Waals surface area (Å²) < 4.78 is 4.99. The number of carbonyl (C=O) groups excluding carboxylic acids is 2. The molecule has 23 heavy (non-hydrogen) atoms. The Morgan fingerprint density at radius 1 is 1.04 bits per heavy atom. The summed E-state index contributed by atoms with van der Waals surface area (Å²) in [7, 11) is 0. The summed E-state index contributed by atoms with van der Waals surface area (Å²) in [6.45, 7) is 6.33. The molecule has 5 heteroatoms. The van der Waals surface area contributed by atoms with E-state index in [1.54, 1.807) is 22.8 Å². The van der Waals surface area contributed by atoms with Gasteiger partial charge in [-0.25, -0.2) is 4.79 Å². The molecule has 0 bridgehead atoms. The zero-order valence-electron chi connectivity index (χ0n) is 13.8. The van der Waals surface area contributed by atoms with Crippen molar-refractivity contribution in [2.75, 3.05) is 32.8 Å². The molecule has 0 atom stereocenters. The molecule has 2 rings (SSSR count). The minimum Gasteiger partial charge on any atom is -0.450 e. The molecule has 1 aliphatic rings. The number of carbonyl (C=O) groups is 2. The lowest BCUT2D eigenvalue weighted by Crippen LogP contribution is -2.50. The van der Waals surface area contributed by atoms with Crippen LogP contribution in [0.5, 0.6) is 0 Å². The third kappa shape index (κ3) is 4.58. The van der Waals surface area contributed by atoms with E-state index in [0.29, 0.717) is 32.8 Å². The van der Waals surface area contributed by atoms with Gasteiger partial charge >= 0.3 is 6.09 Å². The summed E-state index contributed by atoms with van der Waals surface area (Å²) in [4.78, 5) is 27.6. The molecular formula is C18H24N2O3. The maximum Gasteiger partial charge on any atom is 0.409 e. The third-order valence-corrected chi connectivity index (χ3v) is 3.94. The molecule has 0 spiro atoms. The first-order chi connectivity index (χ1) is 11.2. The molecule has 1 aromatic carbocycles. The Morgan fingerprint density at radius 2 is 1.65 bits per heavy atom.